The molecule has 152 valence electrons. The molecule has 0 radical (unpaired) electrons. The van der Waals surface area contributed by atoms with Crippen molar-refractivity contribution in [2.75, 3.05) is 27.2 Å². The number of guanidine groups is 2. The average molecular weight is 376 g/mol. The Morgan fingerprint density at radius 1 is 0.808 bits per heavy atom. The molecule has 0 saturated carbocycles. The molecule has 0 amide bonds. The van der Waals surface area contributed by atoms with Crippen LogP contribution >= 0.6 is 0 Å². The van der Waals surface area contributed by atoms with Gasteiger partial charge in [-0.15, -0.1) is 0 Å². The van der Waals surface area contributed by atoms with Gasteiger partial charge in [-0.3, -0.25) is 19.6 Å². The van der Waals surface area contributed by atoms with Gasteiger partial charge in [0.15, 0.2) is 11.9 Å². The van der Waals surface area contributed by atoms with Crippen LogP contribution in [-0.2, 0) is 9.59 Å². The number of carboxylic acids is 2. The molecule has 0 bridgehead atoms. The van der Waals surface area contributed by atoms with Crippen molar-refractivity contribution < 1.29 is 19.8 Å². The smallest absolute Gasteiger partial charge is 0.320 e. The first-order valence-corrected chi connectivity index (χ1v) is 8.06. The summed E-state index contributed by atoms with van der Waals surface area (Å²) in [6.45, 7) is 0.932. The second-order valence-corrected chi connectivity index (χ2v) is 5.26. The van der Waals surface area contributed by atoms with Crippen molar-refractivity contribution in [2.45, 2.75) is 37.8 Å². The minimum atomic E-state index is -0.854. The topological polar surface area (TPSA) is 227 Å². The Bertz CT molecular complexity index is 420. The van der Waals surface area contributed by atoms with Crippen LogP contribution in [0.4, 0.5) is 0 Å². The number of carboxylic acid groups (broad SMARTS) is 2. The van der Waals surface area contributed by atoms with Crippen LogP contribution < -0.4 is 33.6 Å². The highest BCUT2D eigenvalue weighted by molar-refractivity contribution is 5.76. The van der Waals surface area contributed by atoms with Gasteiger partial charge in [0.05, 0.1) is 0 Å². The number of aliphatic imine (C=N–C) groups is 2. The van der Waals surface area contributed by atoms with Crippen LogP contribution in [0.25, 0.3) is 0 Å². The van der Waals surface area contributed by atoms with Crippen molar-refractivity contribution in [3.8, 4) is 0 Å². The predicted molar refractivity (Wildman–Crippen MR) is 101 cm³/mol. The van der Waals surface area contributed by atoms with Crippen LogP contribution in [0.1, 0.15) is 25.7 Å². The fourth-order valence-electron chi connectivity index (χ4n) is 1.79. The quantitative estimate of drug-likeness (QED) is 0.101. The first-order chi connectivity index (χ1) is 12.1. The van der Waals surface area contributed by atoms with Crippen LogP contribution in [0.2, 0.25) is 0 Å². The van der Waals surface area contributed by atoms with E-state index in [1.807, 2.05) is 0 Å². The predicted octanol–water partition coefficient (Wildman–Crippen LogP) is -2.57. The zero-order valence-corrected chi connectivity index (χ0v) is 15.3. The molecule has 12 heteroatoms. The summed E-state index contributed by atoms with van der Waals surface area (Å²) in [5.74, 6) is -1.63. The van der Waals surface area contributed by atoms with E-state index in [1.54, 1.807) is 14.1 Å². The van der Waals surface area contributed by atoms with Gasteiger partial charge in [0.2, 0.25) is 0 Å². The molecule has 26 heavy (non-hydrogen) atoms. The number of hydrogen-bond acceptors (Lipinski definition) is 6. The lowest BCUT2D eigenvalue weighted by atomic mass is 10.1. The van der Waals surface area contributed by atoms with Crippen LogP contribution in [-0.4, -0.2) is 73.3 Å². The number of carbonyl (C=O) groups is 2. The van der Waals surface area contributed by atoms with E-state index in [2.05, 4.69) is 20.6 Å². The summed E-state index contributed by atoms with van der Waals surface area (Å²) in [5.41, 5.74) is 20.4. The van der Waals surface area contributed by atoms with Crippen LogP contribution in [0.5, 0.6) is 0 Å². The van der Waals surface area contributed by atoms with Gasteiger partial charge in [0.1, 0.15) is 12.1 Å². The minimum Gasteiger partial charge on any atom is -0.480 e. The Labute approximate surface area is 153 Å². The van der Waals surface area contributed by atoms with Crippen molar-refractivity contribution >= 4 is 23.9 Å². The van der Waals surface area contributed by atoms with Crippen molar-refractivity contribution in [1.82, 2.24) is 10.6 Å². The third kappa shape index (κ3) is 16.3. The molecule has 12 N–H and O–H groups in total. The molecule has 0 spiro atoms. The molecular weight excluding hydrogens is 344 g/mol. The fourth-order valence-corrected chi connectivity index (χ4v) is 1.79. The van der Waals surface area contributed by atoms with Crippen molar-refractivity contribution in [2.24, 2.45) is 32.9 Å². The van der Waals surface area contributed by atoms with E-state index in [0.717, 1.165) is 0 Å². The molecule has 0 rings (SSSR count). The molecule has 0 saturated heterocycles. The standard InChI is InChI=1S/2C7H16N4O2/c2*1-10-5(6(12)13)3-2-4-11-7(8)9/h2*5,10H,2-4H2,1H3,(H,12,13)(H4,8,9,11)/t2*5-/m11/s1. The number of rotatable bonds is 12. The maximum absolute atomic E-state index is 10.5. The molecule has 0 aromatic heterocycles. The highest BCUT2D eigenvalue weighted by Crippen LogP contribution is 1.97. The Kier molecular flexibility index (Phi) is 15.7. The highest BCUT2D eigenvalue weighted by Gasteiger charge is 2.13. The van der Waals surface area contributed by atoms with Crippen molar-refractivity contribution in [1.29, 1.82) is 0 Å². The van der Waals surface area contributed by atoms with E-state index in [0.29, 0.717) is 38.8 Å². The summed E-state index contributed by atoms with van der Waals surface area (Å²) in [5, 5.41) is 22.6. The molecule has 0 aliphatic carbocycles. The highest BCUT2D eigenvalue weighted by atomic mass is 16.4. The Morgan fingerprint density at radius 2 is 1.12 bits per heavy atom. The second kappa shape index (κ2) is 15.9. The third-order valence-corrected chi connectivity index (χ3v) is 3.18. The van der Waals surface area contributed by atoms with E-state index in [4.69, 9.17) is 33.1 Å². The Balaban J connectivity index is 0. The lowest BCUT2D eigenvalue weighted by molar-refractivity contribution is -0.140. The average Bonchev–Trinajstić information content (AvgIpc) is 2.54. The number of nitrogens with zero attached hydrogens (tertiary/aromatic N) is 2. The van der Waals surface area contributed by atoms with Gasteiger partial charge in [-0.25, -0.2) is 0 Å². The molecule has 0 aliphatic heterocycles. The molecule has 0 heterocycles. The summed E-state index contributed by atoms with van der Waals surface area (Å²) in [7, 11) is 3.22. The summed E-state index contributed by atoms with van der Waals surface area (Å²) in [6.07, 6.45) is 2.33. The number of hydrogen-bond donors (Lipinski definition) is 8. The normalized spacial score (nSPS) is 12.1. The first-order valence-electron chi connectivity index (χ1n) is 8.06. The summed E-state index contributed by atoms with van der Waals surface area (Å²) in [4.78, 5) is 28.5. The third-order valence-electron chi connectivity index (χ3n) is 3.18. The number of nitrogens with two attached hydrogens (primary N) is 4. The minimum absolute atomic E-state index is 0.0383. The monoisotopic (exact) mass is 376 g/mol. The number of aliphatic carboxylic acids is 2. The van der Waals surface area contributed by atoms with Crippen molar-refractivity contribution in [3.63, 3.8) is 0 Å². The van der Waals surface area contributed by atoms with E-state index in [9.17, 15) is 9.59 Å². The van der Waals surface area contributed by atoms with E-state index in [1.165, 1.54) is 0 Å². The molecule has 0 aromatic carbocycles. The fraction of sp³-hybridized carbons (Fsp3) is 0.714. The van der Waals surface area contributed by atoms with Crippen LogP contribution in [0, 0.1) is 0 Å². The lowest BCUT2D eigenvalue weighted by Crippen LogP contribution is -2.33. The maximum Gasteiger partial charge on any atom is 0.320 e. The summed E-state index contributed by atoms with van der Waals surface area (Å²) in [6, 6.07) is -1.04. The van der Waals surface area contributed by atoms with Gasteiger partial charge in [0.25, 0.3) is 0 Å². The lowest BCUT2D eigenvalue weighted by Gasteiger charge is -2.09. The van der Waals surface area contributed by atoms with Gasteiger partial charge in [-0.05, 0) is 39.8 Å². The molecule has 12 nitrogen and oxygen atoms in total. The van der Waals surface area contributed by atoms with Crippen molar-refractivity contribution in [3.05, 3.63) is 0 Å². The first kappa shape index (κ1) is 25.6. The Morgan fingerprint density at radius 3 is 1.31 bits per heavy atom. The van der Waals surface area contributed by atoms with Gasteiger partial charge >= 0.3 is 11.9 Å². The Hall–Kier alpha value is -2.60. The molecular formula is C14H32N8O4. The number of likely N-dealkylation sites (N-methyl/N-ethyl adjacent to an activating group) is 2. The molecule has 0 fully saturated rings. The zero-order chi connectivity index (χ0) is 20.5. The van der Waals surface area contributed by atoms with E-state index < -0.39 is 24.0 Å². The molecule has 0 unspecified atom stereocenters. The van der Waals surface area contributed by atoms with Crippen LogP contribution in [0.15, 0.2) is 9.98 Å². The molecule has 2 atom stereocenters. The van der Waals surface area contributed by atoms with Crippen LogP contribution in [0.3, 0.4) is 0 Å². The number of nitrogens with one attached hydrogen (secondary N) is 2. The van der Waals surface area contributed by atoms with Gasteiger partial charge in [-0.2, -0.15) is 0 Å². The largest absolute Gasteiger partial charge is 0.480 e. The molecule has 0 aromatic rings. The van der Waals surface area contributed by atoms with Gasteiger partial charge < -0.3 is 43.8 Å². The second-order valence-electron chi connectivity index (χ2n) is 5.26. The van der Waals surface area contributed by atoms with Gasteiger partial charge in [-0.1, -0.05) is 0 Å². The zero-order valence-electron chi connectivity index (χ0n) is 15.3. The molecule has 0 aliphatic rings. The maximum atomic E-state index is 10.5. The van der Waals surface area contributed by atoms with E-state index >= 15 is 0 Å². The summed E-state index contributed by atoms with van der Waals surface area (Å²) >= 11 is 0. The van der Waals surface area contributed by atoms with E-state index in [-0.39, 0.29) is 11.9 Å². The van der Waals surface area contributed by atoms with Gasteiger partial charge in [0, 0.05) is 13.1 Å². The SMILES string of the molecule is CN[C@H](CCCN=C(N)N)C(=O)O.CN[C@H](CCCN=C(N)N)C(=O)O. The summed E-state index contributed by atoms with van der Waals surface area (Å²) < 4.78 is 0.